The van der Waals surface area contributed by atoms with Gasteiger partial charge in [0.2, 0.25) is 0 Å². The Bertz CT molecular complexity index is 2460. The molecule has 0 saturated carbocycles. The number of hydrogen-bond donors (Lipinski definition) is 1. The number of fused-ring (bicyclic) bond motifs is 8. The van der Waals surface area contributed by atoms with Gasteiger partial charge in [-0.1, -0.05) is 125 Å². The normalized spacial score (nSPS) is 22.1. The Kier molecular flexibility index (Phi) is 16.1. The fourth-order valence-electron chi connectivity index (χ4n) is 9.34. The Morgan fingerprint density at radius 1 is 0.951 bits per heavy atom. The average molecular weight is 839 g/mol. The van der Waals surface area contributed by atoms with Crippen LogP contribution in [0.15, 0.2) is 23.9 Å². The van der Waals surface area contributed by atoms with Crippen LogP contribution in [-0.4, -0.2) is 65.6 Å². The van der Waals surface area contributed by atoms with Crippen molar-refractivity contribution >= 4 is 76.9 Å². The Morgan fingerprint density at radius 3 is 2.34 bits per heavy atom. The summed E-state index contributed by atoms with van der Waals surface area (Å²) >= 11 is 0. The van der Waals surface area contributed by atoms with E-state index in [2.05, 4.69) is 41.2 Å². The van der Waals surface area contributed by atoms with E-state index in [1.165, 1.54) is 38.4 Å². The molecule has 8 bridgehead atoms. The SMILES string of the molecule is C=Cc1c2[n-]c(c1C)/C=C1\[N-]C(C3=c4[n-]/c(c(C)c4C(=O)[C@@H]3C(=O)OC)=C\c3[n-]c(/c(=C\O)c3CC)=C\2)[C@@H](CCC(=O)OC/C=C(\C)CCC[C@H](C)CCCC(C)C)[C@@H]1C.[Mg+2]. The fraction of sp³-hybridized carbons (Fsp3) is 0.500. The number of aliphatic hydroxyl groups excluding tert-OH is 1. The summed E-state index contributed by atoms with van der Waals surface area (Å²) in [5, 5.41) is 17.8. The predicted molar refractivity (Wildman–Crippen MR) is 243 cm³/mol. The predicted octanol–water partition coefficient (Wildman–Crippen LogP) is 6.35. The molecule has 1 unspecified atom stereocenters. The van der Waals surface area contributed by atoms with E-state index < -0.39 is 17.9 Å². The second-order valence-electron chi connectivity index (χ2n) is 17.5. The number of esters is 2. The standard InChI is InChI=1S/C50H62N4O6.Mg/c1-11-33-30(7)37-23-38-31(8)35(19-20-43(56)60-22-21-29(6)18-14-17-28(5)16-13-15-27(3)4)47(53-38)45-46(50(58)59-10)49(57)44-32(9)39(54-48(44)45)24-41-34(12-2)36(26-55)42(52-41)25-40(33)51-37;/h11,21,23-28,31,35,46-47H,1,12-20,22H2,2-10H3,(H,55,57);/q-4;+2/b29-21+,38-23-,42-25-;/t28-,31+,35+,46-,47?;/m1./s1. The van der Waals surface area contributed by atoms with Gasteiger partial charge in [0.1, 0.15) is 12.5 Å². The minimum absolute atomic E-state index is 0. The number of aromatic nitrogens is 3. The summed E-state index contributed by atoms with van der Waals surface area (Å²) in [6, 6.07) is -0.649. The largest absolute Gasteiger partial charge is 2.00 e. The number of allylic oxidation sites excluding steroid dienone is 2. The fourth-order valence-corrected chi connectivity index (χ4v) is 9.34. The molecule has 0 radical (unpaired) electrons. The molecular weight excluding hydrogens is 777 g/mol. The first-order chi connectivity index (χ1) is 28.7. The smallest absolute Gasteiger partial charge is 0.681 e. The second kappa shape index (κ2) is 20.6. The number of carbonyl (C=O) groups is 3. The van der Waals surface area contributed by atoms with E-state index in [9.17, 15) is 19.5 Å². The molecule has 1 N–H and O–H groups in total. The van der Waals surface area contributed by atoms with Gasteiger partial charge in [0, 0.05) is 12.0 Å². The van der Waals surface area contributed by atoms with E-state index in [1.54, 1.807) is 6.08 Å². The minimum atomic E-state index is -1.22. The maximum Gasteiger partial charge on any atom is 2.00 e. The van der Waals surface area contributed by atoms with E-state index in [1.807, 2.05) is 45.1 Å². The molecule has 1 aliphatic carbocycles. The number of ether oxygens (including phenoxy) is 2. The molecule has 11 heteroatoms. The van der Waals surface area contributed by atoms with Crippen molar-refractivity contribution in [1.29, 1.82) is 0 Å². The third kappa shape index (κ3) is 9.93. The number of nitrogens with zero attached hydrogens (tertiary/aromatic N) is 4. The monoisotopic (exact) mass is 838 g/mol. The number of Topliss-reactive ketones (excluding diaryl/α,β-unsaturated/α-hetero) is 1. The van der Waals surface area contributed by atoms with Gasteiger partial charge in [-0.05, 0) is 87.0 Å². The molecule has 3 aromatic rings. The summed E-state index contributed by atoms with van der Waals surface area (Å²) in [5.41, 5.74) is 7.97. The van der Waals surface area contributed by atoms with Crippen LogP contribution < -0.4 is 36.2 Å². The molecule has 6 rings (SSSR count). The van der Waals surface area contributed by atoms with Gasteiger partial charge in [0.05, 0.1) is 13.4 Å². The molecule has 5 heterocycles. The van der Waals surface area contributed by atoms with Gasteiger partial charge in [-0.15, -0.1) is 33.1 Å². The summed E-state index contributed by atoms with van der Waals surface area (Å²) in [6.07, 6.45) is 18.8. The Labute approximate surface area is 377 Å². The van der Waals surface area contributed by atoms with Crippen molar-refractivity contribution < 1.29 is 29.0 Å². The second-order valence-corrected chi connectivity index (χ2v) is 17.5. The number of methoxy groups -OCH3 is 1. The van der Waals surface area contributed by atoms with E-state index in [0.29, 0.717) is 73.8 Å². The maximum absolute atomic E-state index is 14.3. The van der Waals surface area contributed by atoms with Gasteiger partial charge in [-0.3, -0.25) is 14.4 Å². The van der Waals surface area contributed by atoms with Crippen molar-refractivity contribution in [3.05, 3.63) is 95.4 Å². The molecule has 1 fully saturated rings. The van der Waals surface area contributed by atoms with Crippen LogP contribution in [0.3, 0.4) is 0 Å². The van der Waals surface area contributed by atoms with E-state index in [0.717, 1.165) is 47.4 Å². The number of rotatable bonds is 16. The zero-order chi connectivity index (χ0) is 43.4. The molecule has 5 atom stereocenters. The number of hydrogen-bond acceptors (Lipinski definition) is 6. The quantitative estimate of drug-likeness (QED) is 0.0755. The average Bonchev–Trinajstić information content (AvgIpc) is 3.96. The Morgan fingerprint density at radius 2 is 1.67 bits per heavy atom. The van der Waals surface area contributed by atoms with Gasteiger partial charge in [-0.2, -0.15) is 5.70 Å². The van der Waals surface area contributed by atoms with Gasteiger partial charge >= 0.3 is 35.0 Å². The Hall–Kier alpha value is -4.48. The maximum atomic E-state index is 14.3. The molecule has 61 heavy (non-hydrogen) atoms. The summed E-state index contributed by atoms with van der Waals surface area (Å²) in [7, 11) is 1.28. The van der Waals surface area contributed by atoms with Gasteiger partial charge in [-0.25, -0.2) is 0 Å². The first-order valence-electron chi connectivity index (χ1n) is 21.8. The zero-order valence-corrected chi connectivity index (χ0v) is 39.1. The summed E-state index contributed by atoms with van der Waals surface area (Å²) < 4.78 is 11.0. The molecular formula is C50H62MgN4O6-2. The van der Waals surface area contributed by atoms with Crippen LogP contribution in [0.4, 0.5) is 0 Å². The summed E-state index contributed by atoms with van der Waals surface area (Å²) in [6.45, 7) is 21.2. The molecule has 322 valence electrons. The molecule has 2 aliphatic heterocycles. The molecule has 10 nitrogen and oxygen atoms in total. The summed E-state index contributed by atoms with van der Waals surface area (Å²) in [5.74, 6) is -1.56. The van der Waals surface area contributed by atoms with E-state index in [-0.39, 0.29) is 59.7 Å². The van der Waals surface area contributed by atoms with Crippen molar-refractivity contribution in [3.8, 4) is 0 Å². The third-order valence-electron chi connectivity index (χ3n) is 13.0. The van der Waals surface area contributed by atoms with Crippen molar-refractivity contribution in [2.75, 3.05) is 13.7 Å². The van der Waals surface area contributed by atoms with Crippen molar-refractivity contribution in [3.63, 3.8) is 0 Å². The van der Waals surface area contributed by atoms with Crippen molar-refractivity contribution in [2.24, 2.45) is 29.6 Å². The first-order valence-corrected chi connectivity index (χ1v) is 21.8. The number of carbonyl (C=O) groups excluding carboxylic acids is 3. The molecule has 1 saturated heterocycles. The minimum Gasteiger partial charge on any atom is -0.681 e. The van der Waals surface area contributed by atoms with Crippen LogP contribution in [0.25, 0.3) is 41.5 Å². The third-order valence-corrected chi connectivity index (χ3v) is 13.0. The van der Waals surface area contributed by atoms with Gasteiger partial charge in [0.25, 0.3) is 0 Å². The molecule has 0 amide bonds. The van der Waals surface area contributed by atoms with Crippen LogP contribution in [0.1, 0.15) is 143 Å². The molecule has 3 aliphatic rings. The van der Waals surface area contributed by atoms with Crippen molar-refractivity contribution in [1.82, 2.24) is 15.0 Å². The van der Waals surface area contributed by atoms with Crippen LogP contribution in [-0.2, 0) is 25.5 Å². The number of aliphatic hydroxyl groups is 1. The summed E-state index contributed by atoms with van der Waals surface area (Å²) in [4.78, 5) is 56.3. The Balaban J connectivity index is 0.00000704. The zero-order valence-electron chi connectivity index (χ0n) is 37.7. The van der Waals surface area contributed by atoms with Crippen LogP contribution in [0.5, 0.6) is 0 Å². The first kappa shape index (κ1) is 47.6. The topological polar surface area (TPSA) is 146 Å². The van der Waals surface area contributed by atoms with Gasteiger partial charge in [0.15, 0.2) is 5.78 Å². The number of ketones is 1. The molecule has 0 spiro atoms. The van der Waals surface area contributed by atoms with E-state index >= 15 is 0 Å². The van der Waals surface area contributed by atoms with Crippen molar-refractivity contribution in [2.45, 2.75) is 119 Å². The van der Waals surface area contributed by atoms with Crippen LogP contribution >= 0.6 is 0 Å². The molecule has 0 aromatic carbocycles. The van der Waals surface area contributed by atoms with Crippen LogP contribution in [0.2, 0.25) is 0 Å². The van der Waals surface area contributed by atoms with E-state index in [4.69, 9.17) is 29.7 Å². The van der Waals surface area contributed by atoms with Crippen LogP contribution in [0, 0.1) is 43.4 Å². The molecule has 3 aromatic heterocycles. The van der Waals surface area contributed by atoms with Gasteiger partial charge < -0.3 is 34.8 Å².